The smallest absolute Gasteiger partial charge is 0.352 e. The maximum absolute atomic E-state index is 13.0. The van der Waals surface area contributed by atoms with Crippen LogP contribution in [0.5, 0.6) is 0 Å². The molecule has 29 heavy (non-hydrogen) atoms. The summed E-state index contributed by atoms with van der Waals surface area (Å²) in [4.78, 5) is 15.0. The first-order valence-corrected chi connectivity index (χ1v) is 9.98. The number of nitrogens with zero attached hydrogens (tertiary/aromatic N) is 3. The van der Waals surface area contributed by atoms with Crippen molar-refractivity contribution in [3.63, 3.8) is 0 Å². The summed E-state index contributed by atoms with van der Waals surface area (Å²) >= 11 is 0. The molecule has 156 valence electrons. The van der Waals surface area contributed by atoms with Crippen molar-refractivity contribution in [1.82, 2.24) is 20.0 Å². The maximum Gasteiger partial charge on any atom is 0.416 e. The van der Waals surface area contributed by atoms with Gasteiger partial charge >= 0.3 is 6.18 Å². The minimum absolute atomic E-state index is 0.0672. The largest absolute Gasteiger partial charge is 0.416 e. The highest BCUT2D eigenvalue weighted by molar-refractivity contribution is 5.79. The van der Waals surface area contributed by atoms with Crippen LogP contribution in [0.4, 0.5) is 13.2 Å². The van der Waals surface area contributed by atoms with Gasteiger partial charge in [-0.3, -0.25) is 9.69 Å². The Balaban J connectivity index is 1.47. The van der Waals surface area contributed by atoms with Crippen LogP contribution in [0.25, 0.3) is 5.69 Å². The lowest BCUT2D eigenvalue weighted by molar-refractivity contribution is -0.137. The van der Waals surface area contributed by atoms with Crippen LogP contribution in [0.2, 0.25) is 0 Å². The van der Waals surface area contributed by atoms with Crippen molar-refractivity contribution in [2.24, 2.45) is 0 Å². The number of benzene rings is 1. The molecule has 1 aromatic heterocycles. The average molecular weight is 406 g/mol. The monoisotopic (exact) mass is 406 g/mol. The highest BCUT2D eigenvalue weighted by Gasteiger charge is 2.35. The van der Waals surface area contributed by atoms with Crippen LogP contribution in [-0.4, -0.2) is 45.8 Å². The molecule has 0 radical (unpaired) electrons. The zero-order chi connectivity index (χ0) is 20.8. The molecule has 1 N–H and O–H groups in total. The molecule has 5 nitrogen and oxygen atoms in total. The zero-order valence-corrected chi connectivity index (χ0v) is 16.6. The van der Waals surface area contributed by atoms with Crippen molar-refractivity contribution in [2.45, 2.75) is 57.8 Å². The number of aryl methyl sites for hydroxylation is 1. The lowest BCUT2D eigenvalue weighted by Gasteiger charge is -2.16. The van der Waals surface area contributed by atoms with E-state index in [0.717, 1.165) is 37.2 Å². The number of likely N-dealkylation sites (tertiary alicyclic amines) is 1. The quantitative estimate of drug-likeness (QED) is 0.828. The van der Waals surface area contributed by atoms with Crippen molar-refractivity contribution < 1.29 is 18.0 Å². The van der Waals surface area contributed by atoms with E-state index in [-0.39, 0.29) is 18.4 Å². The van der Waals surface area contributed by atoms with Crippen molar-refractivity contribution in [2.75, 3.05) is 13.1 Å². The summed E-state index contributed by atoms with van der Waals surface area (Å²) in [5, 5.41) is 7.50. The van der Waals surface area contributed by atoms with Gasteiger partial charge in [0.1, 0.15) is 0 Å². The first-order chi connectivity index (χ1) is 13.7. The molecule has 1 unspecified atom stereocenters. The number of amides is 1. The molecule has 0 bridgehead atoms. The van der Waals surface area contributed by atoms with Gasteiger partial charge in [-0.1, -0.05) is 6.07 Å². The standard InChI is InChI=1S/C21H25F3N4O/c1-13-19(11-20(29)25-16-8-9-27(12-16)17-6-7-17)14(2)28(26-13)18-5-3-4-15(10-18)21(22,23)24/h3-5,10,16-17H,6-9,11-12H2,1-2H3,(H,25,29). The SMILES string of the molecule is Cc1nn(-c2cccc(C(F)(F)F)c2)c(C)c1CC(=O)NC1CCN(C2CC2)C1. The molecule has 2 aromatic rings. The Kier molecular flexibility index (Phi) is 5.14. The van der Waals surface area contributed by atoms with Crippen molar-refractivity contribution >= 4 is 5.91 Å². The van der Waals surface area contributed by atoms with E-state index in [1.165, 1.54) is 23.6 Å². The second-order valence-corrected chi connectivity index (χ2v) is 8.07. The second kappa shape index (κ2) is 7.48. The summed E-state index contributed by atoms with van der Waals surface area (Å²) in [6.45, 7) is 5.50. The van der Waals surface area contributed by atoms with E-state index in [9.17, 15) is 18.0 Å². The van der Waals surface area contributed by atoms with Gasteiger partial charge in [0.2, 0.25) is 5.91 Å². The van der Waals surface area contributed by atoms with Crippen LogP contribution >= 0.6 is 0 Å². The summed E-state index contributed by atoms with van der Waals surface area (Å²) < 4.78 is 40.6. The third-order valence-electron chi connectivity index (χ3n) is 5.84. The van der Waals surface area contributed by atoms with E-state index in [1.54, 1.807) is 19.9 Å². The van der Waals surface area contributed by atoms with Crippen LogP contribution < -0.4 is 5.32 Å². The summed E-state index contributed by atoms with van der Waals surface area (Å²) in [5.41, 5.74) is 1.72. The lowest BCUT2D eigenvalue weighted by atomic mass is 10.1. The topological polar surface area (TPSA) is 50.2 Å². The molecule has 2 fully saturated rings. The Morgan fingerprint density at radius 3 is 2.69 bits per heavy atom. The summed E-state index contributed by atoms with van der Waals surface area (Å²) in [6, 6.07) is 5.94. The molecule has 1 amide bonds. The number of alkyl halides is 3. The molecule has 1 aromatic carbocycles. The fraction of sp³-hybridized carbons (Fsp3) is 0.524. The molecular formula is C21H25F3N4O. The molecule has 1 atom stereocenters. The number of nitrogens with one attached hydrogen (secondary N) is 1. The van der Waals surface area contributed by atoms with E-state index >= 15 is 0 Å². The Hall–Kier alpha value is -2.35. The van der Waals surface area contributed by atoms with Crippen molar-refractivity contribution in [3.05, 3.63) is 46.8 Å². The van der Waals surface area contributed by atoms with Gasteiger partial charge in [0.05, 0.1) is 23.4 Å². The van der Waals surface area contributed by atoms with Gasteiger partial charge in [0.15, 0.2) is 0 Å². The van der Waals surface area contributed by atoms with Crippen molar-refractivity contribution in [1.29, 1.82) is 0 Å². The lowest BCUT2D eigenvalue weighted by Crippen LogP contribution is -2.38. The molecular weight excluding hydrogens is 381 g/mol. The Labute approximate surface area is 167 Å². The number of hydrogen-bond donors (Lipinski definition) is 1. The number of carbonyl (C=O) groups is 1. The zero-order valence-electron chi connectivity index (χ0n) is 16.6. The van der Waals surface area contributed by atoms with Crippen LogP contribution in [0.15, 0.2) is 24.3 Å². The van der Waals surface area contributed by atoms with Crippen LogP contribution in [-0.2, 0) is 17.4 Å². The molecule has 1 aliphatic heterocycles. The van der Waals surface area contributed by atoms with E-state index in [1.807, 2.05) is 0 Å². The molecule has 2 heterocycles. The average Bonchev–Trinajstić information content (AvgIpc) is 3.36. The van der Waals surface area contributed by atoms with E-state index < -0.39 is 11.7 Å². The minimum Gasteiger partial charge on any atom is -0.352 e. The van der Waals surface area contributed by atoms with Gasteiger partial charge in [-0.15, -0.1) is 0 Å². The number of carbonyl (C=O) groups excluding carboxylic acids is 1. The number of halogens is 3. The predicted octanol–water partition coefficient (Wildman–Crippen LogP) is 3.40. The first-order valence-electron chi connectivity index (χ1n) is 9.98. The third-order valence-corrected chi connectivity index (χ3v) is 5.84. The van der Waals surface area contributed by atoms with Crippen LogP contribution in [0.3, 0.4) is 0 Å². The van der Waals surface area contributed by atoms with E-state index in [0.29, 0.717) is 23.1 Å². The predicted molar refractivity (Wildman–Crippen MR) is 103 cm³/mol. The van der Waals surface area contributed by atoms with Crippen LogP contribution in [0.1, 0.15) is 41.8 Å². The number of hydrogen-bond acceptors (Lipinski definition) is 3. The fourth-order valence-electron chi connectivity index (χ4n) is 4.11. The Morgan fingerprint density at radius 2 is 2.00 bits per heavy atom. The van der Waals surface area contributed by atoms with Crippen molar-refractivity contribution in [3.8, 4) is 5.69 Å². The Morgan fingerprint density at radius 1 is 1.24 bits per heavy atom. The highest BCUT2D eigenvalue weighted by atomic mass is 19.4. The normalized spacial score (nSPS) is 20.2. The van der Waals surface area contributed by atoms with Gasteiger partial charge in [-0.05, 0) is 51.3 Å². The van der Waals surface area contributed by atoms with Gasteiger partial charge in [-0.25, -0.2) is 4.68 Å². The number of aromatic nitrogens is 2. The Bertz CT molecular complexity index is 917. The molecule has 0 spiro atoms. The number of rotatable bonds is 5. The van der Waals surface area contributed by atoms with E-state index in [4.69, 9.17) is 0 Å². The molecule has 8 heteroatoms. The molecule has 2 aliphatic rings. The van der Waals surface area contributed by atoms with Crippen LogP contribution in [0, 0.1) is 13.8 Å². The summed E-state index contributed by atoms with van der Waals surface area (Å²) in [7, 11) is 0. The molecule has 1 saturated heterocycles. The highest BCUT2D eigenvalue weighted by Crippen LogP contribution is 2.31. The van der Waals surface area contributed by atoms with E-state index in [2.05, 4.69) is 15.3 Å². The van der Waals surface area contributed by atoms with Gasteiger partial charge < -0.3 is 5.32 Å². The molecule has 1 aliphatic carbocycles. The fourth-order valence-corrected chi connectivity index (χ4v) is 4.11. The first kappa shape index (κ1) is 19.9. The van der Waals surface area contributed by atoms with Gasteiger partial charge in [0, 0.05) is 36.4 Å². The maximum atomic E-state index is 13.0. The van der Waals surface area contributed by atoms with Gasteiger partial charge in [0.25, 0.3) is 0 Å². The summed E-state index contributed by atoms with van der Waals surface area (Å²) in [6.07, 6.45) is -0.758. The second-order valence-electron chi connectivity index (χ2n) is 8.07. The third kappa shape index (κ3) is 4.32. The molecule has 1 saturated carbocycles. The molecule has 4 rings (SSSR count). The minimum atomic E-state index is -4.41. The summed E-state index contributed by atoms with van der Waals surface area (Å²) in [5.74, 6) is -0.0672. The van der Waals surface area contributed by atoms with Gasteiger partial charge in [-0.2, -0.15) is 18.3 Å².